The molecule has 2 N–H and O–H groups in total. The predicted molar refractivity (Wildman–Crippen MR) is 63.1 cm³/mol. The Morgan fingerprint density at radius 2 is 1.81 bits per heavy atom. The average molecular weight is 243 g/mol. The van der Waals surface area contributed by atoms with Crippen LogP contribution in [0.5, 0.6) is 0 Å². The molecule has 0 spiro atoms. The van der Waals surface area contributed by atoms with E-state index in [1.54, 1.807) is 11.8 Å². The molecule has 1 aromatic carbocycles. The Morgan fingerprint density at radius 1 is 1.25 bits per heavy atom. The molecule has 1 saturated carbocycles. The molecule has 4 heteroatoms. The minimum absolute atomic E-state index is 0.116. The molecule has 1 aliphatic carbocycles. The van der Waals surface area contributed by atoms with Crippen LogP contribution in [-0.4, -0.2) is 18.7 Å². The van der Waals surface area contributed by atoms with Gasteiger partial charge < -0.3 is 5.73 Å². The van der Waals surface area contributed by atoms with Crippen LogP contribution in [-0.2, 0) is 5.41 Å². The van der Waals surface area contributed by atoms with Gasteiger partial charge in [-0.25, -0.2) is 8.78 Å². The lowest BCUT2D eigenvalue weighted by Crippen LogP contribution is -2.53. The van der Waals surface area contributed by atoms with E-state index in [1.165, 1.54) is 0 Å². The Balaban J connectivity index is 2.22. The fraction of sp³-hybridized carbons (Fsp3) is 0.500. The summed E-state index contributed by atoms with van der Waals surface area (Å²) in [7, 11) is 0. The van der Waals surface area contributed by atoms with Gasteiger partial charge in [0.15, 0.2) is 0 Å². The number of thioether (sulfide) groups is 1. The Bertz CT molecular complexity index is 367. The molecule has 0 amide bonds. The number of halogens is 2. The van der Waals surface area contributed by atoms with Crippen LogP contribution in [0.3, 0.4) is 0 Å². The Kier molecular flexibility index (Phi) is 2.97. The Hall–Kier alpha value is -0.610. The predicted octanol–water partition coefficient (Wildman–Crippen LogP) is 3.03. The molecular weight excluding hydrogens is 228 g/mol. The highest BCUT2D eigenvalue weighted by atomic mass is 32.2. The normalized spacial score (nSPS) is 21.5. The zero-order chi connectivity index (χ0) is 11.8. The summed E-state index contributed by atoms with van der Waals surface area (Å²) in [6, 6.07) is 7.78. The lowest BCUT2D eigenvalue weighted by atomic mass is 9.62. The van der Waals surface area contributed by atoms with E-state index >= 15 is 0 Å². The third-order valence-corrected chi connectivity index (χ3v) is 4.03. The van der Waals surface area contributed by atoms with Gasteiger partial charge in [-0.1, -0.05) is 12.1 Å². The molecule has 16 heavy (non-hydrogen) atoms. The fourth-order valence-corrected chi connectivity index (χ4v) is 2.76. The molecule has 0 saturated heterocycles. The van der Waals surface area contributed by atoms with Crippen LogP contribution < -0.4 is 5.73 Å². The molecule has 1 fully saturated rings. The van der Waals surface area contributed by atoms with E-state index in [-0.39, 0.29) is 12.8 Å². The standard InChI is InChI=1S/C12H15F2NS/c1-16-10-4-2-9(3-5-10)11(8-15)6-12(13,14)7-11/h2-5H,6-8,15H2,1H3. The van der Waals surface area contributed by atoms with Gasteiger partial charge in [-0.2, -0.15) is 0 Å². The lowest BCUT2D eigenvalue weighted by Gasteiger charge is -2.47. The van der Waals surface area contributed by atoms with Crippen molar-refractivity contribution in [3.63, 3.8) is 0 Å². The van der Waals surface area contributed by atoms with Gasteiger partial charge in [0.2, 0.25) is 5.92 Å². The van der Waals surface area contributed by atoms with E-state index in [1.807, 2.05) is 30.5 Å². The smallest absolute Gasteiger partial charge is 0.250 e. The van der Waals surface area contributed by atoms with Gasteiger partial charge in [0, 0.05) is 29.7 Å². The van der Waals surface area contributed by atoms with Crippen molar-refractivity contribution in [1.82, 2.24) is 0 Å². The first-order valence-electron chi connectivity index (χ1n) is 5.24. The molecule has 1 aromatic rings. The third kappa shape index (κ3) is 1.96. The molecule has 0 atom stereocenters. The van der Waals surface area contributed by atoms with Gasteiger partial charge in [-0.15, -0.1) is 11.8 Å². The summed E-state index contributed by atoms with van der Waals surface area (Å²) < 4.78 is 26.0. The first-order chi connectivity index (χ1) is 7.51. The molecule has 0 unspecified atom stereocenters. The van der Waals surface area contributed by atoms with Gasteiger partial charge in [0.25, 0.3) is 0 Å². The van der Waals surface area contributed by atoms with Crippen molar-refractivity contribution in [3.05, 3.63) is 29.8 Å². The van der Waals surface area contributed by atoms with Crippen LogP contribution in [0.4, 0.5) is 8.78 Å². The van der Waals surface area contributed by atoms with Crippen molar-refractivity contribution >= 4 is 11.8 Å². The number of rotatable bonds is 3. The zero-order valence-corrected chi connectivity index (χ0v) is 9.99. The first kappa shape index (κ1) is 11.9. The fourth-order valence-electron chi connectivity index (χ4n) is 2.35. The summed E-state index contributed by atoms with van der Waals surface area (Å²) in [5.74, 6) is -2.53. The van der Waals surface area contributed by atoms with E-state index < -0.39 is 11.3 Å². The summed E-state index contributed by atoms with van der Waals surface area (Å²) in [6.07, 6.45) is 1.76. The molecule has 0 aliphatic heterocycles. The SMILES string of the molecule is CSc1ccc(C2(CN)CC(F)(F)C2)cc1. The Labute approximate surface area is 98.4 Å². The Morgan fingerprint density at radius 3 is 2.19 bits per heavy atom. The second-order valence-electron chi connectivity index (χ2n) is 4.42. The molecular formula is C12H15F2NS. The number of benzene rings is 1. The van der Waals surface area contributed by atoms with Crippen molar-refractivity contribution in [2.75, 3.05) is 12.8 Å². The topological polar surface area (TPSA) is 26.0 Å². The number of alkyl halides is 2. The highest BCUT2D eigenvalue weighted by Crippen LogP contribution is 2.52. The molecule has 0 heterocycles. The van der Waals surface area contributed by atoms with Crippen molar-refractivity contribution < 1.29 is 8.78 Å². The summed E-state index contributed by atoms with van der Waals surface area (Å²) in [6.45, 7) is 0.293. The van der Waals surface area contributed by atoms with Gasteiger partial charge >= 0.3 is 0 Å². The highest BCUT2D eigenvalue weighted by Gasteiger charge is 2.56. The van der Waals surface area contributed by atoms with E-state index in [4.69, 9.17) is 5.73 Å². The van der Waals surface area contributed by atoms with Crippen molar-refractivity contribution in [3.8, 4) is 0 Å². The molecule has 0 aromatic heterocycles. The minimum Gasteiger partial charge on any atom is -0.330 e. The van der Waals surface area contributed by atoms with Gasteiger partial charge in [-0.3, -0.25) is 0 Å². The molecule has 1 nitrogen and oxygen atoms in total. The summed E-state index contributed by atoms with van der Waals surface area (Å²) in [5.41, 5.74) is 6.10. The van der Waals surface area contributed by atoms with Crippen LogP contribution in [0.1, 0.15) is 18.4 Å². The van der Waals surface area contributed by atoms with Crippen molar-refractivity contribution in [2.45, 2.75) is 29.1 Å². The van der Waals surface area contributed by atoms with Crippen LogP contribution in [0.2, 0.25) is 0 Å². The molecule has 0 bridgehead atoms. The first-order valence-corrected chi connectivity index (χ1v) is 6.46. The minimum atomic E-state index is -2.53. The lowest BCUT2D eigenvalue weighted by molar-refractivity contribution is -0.123. The van der Waals surface area contributed by atoms with E-state index in [0.717, 1.165) is 10.5 Å². The van der Waals surface area contributed by atoms with E-state index in [2.05, 4.69) is 0 Å². The van der Waals surface area contributed by atoms with Crippen LogP contribution in [0.15, 0.2) is 29.2 Å². The van der Waals surface area contributed by atoms with Crippen molar-refractivity contribution in [2.24, 2.45) is 5.73 Å². The maximum Gasteiger partial charge on any atom is 0.250 e. The largest absolute Gasteiger partial charge is 0.330 e. The third-order valence-electron chi connectivity index (χ3n) is 3.29. The second kappa shape index (κ2) is 4.00. The molecule has 1 aliphatic rings. The van der Waals surface area contributed by atoms with Crippen molar-refractivity contribution in [1.29, 1.82) is 0 Å². The van der Waals surface area contributed by atoms with Gasteiger partial charge in [0.05, 0.1) is 0 Å². The van der Waals surface area contributed by atoms with Gasteiger partial charge in [0.1, 0.15) is 0 Å². The summed E-state index contributed by atoms with van der Waals surface area (Å²) in [4.78, 5) is 1.14. The van der Waals surface area contributed by atoms with E-state index in [9.17, 15) is 8.78 Å². The maximum absolute atomic E-state index is 13.0. The summed E-state index contributed by atoms with van der Waals surface area (Å²) >= 11 is 1.64. The average Bonchev–Trinajstić information content (AvgIpc) is 2.25. The molecule has 0 radical (unpaired) electrons. The highest BCUT2D eigenvalue weighted by molar-refractivity contribution is 7.98. The quantitative estimate of drug-likeness (QED) is 0.826. The summed E-state index contributed by atoms with van der Waals surface area (Å²) in [5, 5.41) is 0. The number of nitrogens with two attached hydrogens (primary N) is 1. The second-order valence-corrected chi connectivity index (χ2v) is 5.30. The number of hydrogen-bond donors (Lipinski definition) is 1. The molecule has 88 valence electrons. The van der Waals surface area contributed by atoms with Gasteiger partial charge in [-0.05, 0) is 24.0 Å². The maximum atomic E-state index is 13.0. The monoisotopic (exact) mass is 243 g/mol. The molecule has 2 rings (SSSR count). The number of hydrogen-bond acceptors (Lipinski definition) is 2. The zero-order valence-electron chi connectivity index (χ0n) is 9.17. The van der Waals surface area contributed by atoms with Crippen LogP contribution in [0, 0.1) is 0 Å². The van der Waals surface area contributed by atoms with Crippen LogP contribution in [0.25, 0.3) is 0 Å². The van der Waals surface area contributed by atoms with Crippen LogP contribution >= 0.6 is 11.8 Å². The van der Waals surface area contributed by atoms with E-state index in [0.29, 0.717) is 6.54 Å².